The van der Waals surface area contributed by atoms with Crippen molar-refractivity contribution in [2.75, 3.05) is 11.1 Å². The summed E-state index contributed by atoms with van der Waals surface area (Å²) in [6.07, 6.45) is -0.713. The van der Waals surface area contributed by atoms with Crippen LogP contribution in [0.3, 0.4) is 0 Å². The summed E-state index contributed by atoms with van der Waals surface area (Å²) in [6, 6.07) is 11.2. The number of ether oxygens (including phenoxy) is 1. The van der Waals surface area contributed by atoms with Crippen LogP contribution in [0, 0.1) is 5.82 Å². The standard InChI is InChI=1S/C15H14BrFN2O2/c1-9(21-14-5-3-2-4-11(14)16)15(20)19-10-6-7-12(17)13(18)8-10/h2-9H,18H2,1H3,(H,19,20). The summed E-state index contributed by atoms with van der Waals surface area (Å²) in [5, 5.41) is 2.62. The van der Waals surface area contributed by atoms with Crippen molar-refractivity contribution in [1.29, 1.82) is 0 Å². The number of carbonyl (C=O) groups excluding carboxylic acids is 1. The van der Waals surface area contributed by atoms with E-state index in [0.717, 1.165) is 4.47 Å². The van der Waals surface area contributed by atoms with E-state index in [1.54, 1.807) is 13.0 Å². The van der Waals surface area contributed by atoms with Gasteiger partial charge in [-0.1, -0.05) is 12.1 Å². The van der Waals surface area contributed by atoms with Crippen LogP contribution in [0.5, 0.6) is 5.75 Å². The molecule has 0 aliphatic rings. The number of para-hydroxylation sites is 1. The molecular formula is C15H14BrFN2O2. The normalized spacial score (nSPS) is 11.8. The Bertz CT molecular complexity index is 664. The van der Waals surface area contributed by atoms with Crippen LogP contribution < -0.4 is 15.8 Å². The third-order valence-corrected chi connectivity index (χ3v) is 3.43. The Morgan fingerprint density at radius 2 is 2.05 bits per heavy atom. The Hall–Kier alpha value is -2.08. The van der Waals surface area contributed by atoms with Gasteiger partial charge >= 0.3 is 0 Å². The molecule has 0 aromatic heterocycles. The van der Waals surface area contributed by atoms with Crippen LogP contribution in [0.15, 0.2) is 46.9 Å². The topological polar surface area (TPSA) is 64.3 Å². The Balaban J connectivity index is 2.02. The first-order valence-corrected chi connectivity index (χ1v) is 7.03. The summed E-state index contributed by atoms with van der Waals surface area (Å²) in [4.78, 5) is 12.0. The predicted octanol–water partition coefficient (Wildman–Crippen LogP) is 3.58. The molecule has 110 valence electrons. The summed E-state index contributed by atoms with van der Waals surface area (Å²) >= 11 is 3.34. The van der Waals surface area contributed by atoms with Gasteiger partial charge in [-0.05, 0) is 53.2 Å². The molecule has 3 N–H and O–H groups in total. The van der Waals surface area contributed by atoms with Crippen molar-refractivity contribution in [1.82, 2.24) is 0 Å². The zero-order chi connectivity index (χ0) is 15.4. The minimum Gasteiger partial charge on any atom is -0.480 e. The second-order valence-corrected chi connectivity index (χ2v) is 5.27. The van der Waals surface area contributed by atoms with Gasteiger partial charge in [0.25, 0.3) is 5.91 Å². The largest absolute Gasteiger partial charge is 0.480 e. The van der Waals surface area contributed by atoms with Gasteiger partial charge in [-0.25, -0.2) is 4.39 Å². The lowest BCUT2D eigenvalue weighted by Gasteiger charge is -2.16. The van der Waals surface area contributed by atoms with E-state index in [1.807, 2.05) is 18.2 Å². The molecule has 21 heavy (non-hydrogen) atoms. The lowest BCUT2D eigenvalue weighted by Crippen LogP contribution is -2.30. The summed E-state index contributed by atoms with van der Waals surface area (Å²) in [5.41, 5.74) is 5.85. The number of amides is 1. The smallest absolute Gasteiger partial charge is 0.265 e. The summed E-state index contributed by atoms with van der Waals surface area (Å²) < 4.78 is 19.4. The second kappa shape index (κ2) is 6.58. The maximum Gasteiger partial charge on any atom is 0.265 e. The van der Waals surface area contributed by atoms with Crippen molar-refractivity contribution < 1.29 is 13.9 Å². The number of nitrogens with two attached hydrogens (primary N) is 1. The van der Waals surface area contributed by atoms with Crippen LogP contribution in [0.25, 0.3) is 0 Å². The van der Waals surface area contributed by atoms with Gasteiger partial charge in [0, 0.05) is 5.69 Å². The summed E-state index contributed by atoms with van der Waals surface area (Å²) in [5.74, 6) is -0.305. The van der Waals surface area contributed by atoms with Crippen LogP contribution in [0.2, 0.25) is 0 Å². The van der Waals surface area contributed by atoms with Crippen LogP contribution >= 0.6 is 15.9 Å². The molecule has 0 heterocycles. The van der Waals surface area contributed by atoms with E-state index >= 15 is 0 Å². The quantitative estimate of drug-likeness (QED) is 0.826. The molecule has 0 saturated heterocycles. The lowest BCUT2D eigenvalue weighted by molar-refractivity contribution is -0.122. The number of hydrogen-bond donors (Lipinski definition) is 2. The van der Waals surface area contributed by atoms with E-state index in [1.165, 1.54) is 18.2 Å². The molecule has 0 fully saturated rings. The highest BCUT2D eigenvalue weighted by Crippen LogP contribution is 2.25. The zero-order valence-electron chi connectivity index (χ0n) is 11.3. The van der Waals surface area contributed by atoms with Gasteiger partial charge < -0.3 is 15.8 Å². The van der Waals surface area contributed by atoms with Gasteiger partial charge in [0.2, 0.25) is 0 Å². The number of hydrogen-bond acceptors (Lipinski definition) is 3. The first-order chi connectivity index (χ1) is 9.97. The third-order valence-electron chi connectivity index (χ3n) is 2.77. The van der Waals surface area contributed by atoms with Gasteiger partial charge in [0.05, 0.1) is 10.2 Å². The first-order valence-electron chi connectivity index (χ1n) is 6.24. The van der Waals surface area contributed by atoms with Crippen LogP contribution in [-0.2, 0) is 4.79 Å². The highest BCUT2D eigenvalue weighted by molar-refractivity contribution is 9.10. The van der Waals surface area contributed by atoms with Crippen molar-refractivity contribution in [2.24, 2.45) is 0 Å². The molecule has 0 spiro atoms. The highest BCUT2D eigenvalue weighted by Gasteiger charge is 2.16. The van der Waals surface area contributed by atoms with Gasteiger partial charge in [-0.2, -0.15) is 0 Å². The molecule has 2 rings (SSSR count). The van der Waals surface area contributed by atoms with E-state index in [0.29, 0.717) is 11.4 Å². The van der Waals surface area contributed by atoms with E-state index in [2.05, 4.69) is 21.2 Å². The maximum atomic E-state index is 13.1. The fourth-order valence-electron chi connectivity index (χ4n) is 1.65. The average molecular weight is 353 g/mol. The number of anilines is 2. The fraction of sp³-hybridized carbons (Fsp3) is 0.133. The van der Waals surface area contributed by atoms with E-state index in [9.17, 15) is 9.18 Å². The first kappa shape index (κ1) is 15.3. The number of benzene rings is 2. The molecule has 0 bridgehead atoms. The van der Waals surface area contributed by atoms with Crippen molar-refractivity contribution in [3.05, 3.63) is 52.8 Å². The molecule has 2 aromatic carbocycles. The van der Waals surface area contributed by atoms with Crippen LogP contribution in [0.1, 0.15) is 6.92 Å². The number of carbonyl (C=O) groups is 1. The van der Waals surface area contributed by atoms with Crippen molar-refractivity contribution in [3.8, 4) is 5.75 Å². The molecule has 1 amide bonds. The molecule has 0 aliphatic carbocycles. The van der Waals surface area contributed by atoms with Crippen LogP contribution in [0.4, 0.5) is 15.8 Å². The fourth-order valence-corrected chi connectivity index (χ4v) is 2.03. The number of nitrogens with one attached hydrogen (secondary N) is 1. The molecule has 6 heteroatoms. The van der Waals surface area contributed by atoms with Crippen molar-refractivity contribution >= 4 is 33.2 Å². The molecule has 0 saturated carbocycles. The Morgan fingerprint density at radius 3 is 2.71 bits per heavy atom. The van der Waals surface area contributed by atoms with Gasteiger partial charge in [0.15, 0.2) is 6.10 Å². The minimum absolute atomic E-state index is 0.0211. The highest BCUT2D eigenvalue weighted by atomic mass is 79.9. The Kier molecular flexibility index (Phi) is 4.80. The Labute approximate surface area is 130 Å². The minimum atomic E-state index is -0.713. The molecule has 4 nitrogen and oxygen atoms in total. The number of rotatable bonds is 4. The van der Waals surface area contributed by atoms with Gasteiger partial charge in [-0.15, -0.1) is 0 Å². The van der Waals surface area contributed by atoms with E-state index in [4.69, 9.17) is 10.5 Å². The molecule has 1 unspecified atom stereocenters. The molecular weight excluding hydrogens is 339 g/mol. The molecule has 0 radical (unpaired) electrons. The summed E-state index contributed by atoms with van der Waals surface area (Å²) in [7, 11) is 0. The molecule has 2 aromatic rings. The SMILES string of the molecule is CC(Oc1ccccc1Br)C(=O)Nc1ccc(F)c(N)c1. The zero-order valence-corrected chi connectivity index (χ0v) is 12.9. The molecule has 1 atom stereocenters. The van der Waals surface area contributed by atoms with E-state index < -0.39 is 11.9 Å². The second-order valence-electron chi connectivity index (χ2n) is 4.42. The van der Waals surface area contributed by atoms with Gasteiger partial charge in [0.1, 0.15) is 11.6 Å². The third kappa shape index (κ3) is 3.95. The van der Waals surface area contributed by atoms with E-state index in [-0.39, 0.29) is 11.6 Å². The van der Waals surface area contributed by atoms with Gasteiger partial charge in [-0.3, -0.25) is 4.79 Å². The average Bonchev–Trinajstić information content (AvgIpc) is 2.45. The number of nitrogen functional groups attached to an aromatic ring is 1. The predicted molar refractivity (Wildman–Crippen MR) is 83.7 cm³/mol. The summed E-state index contributed by atoms with van der Waals surface area (Å²) in [6.45, 7) is 1.63. The lowest BCUT2D eigenvalue weighted by atomic mass is 10.2. The number of halogens is 2. The molecule has 0 aliphatic heterocycles. The van der Waals surface area contributed by atoms with Crippen molar-refractivity contribution in [2.45, 2.75) is 13.0 Å². The van der Waals surface area contributed by atoms with Crippen LogP contribution in [-0.4, -0.2) is 12.0 Å². The maximum absolute atomic E-state index is 13.1. The monoisotopic (exact) mass is 352 g/mol. The Morgan fingerprint density at radius 1 is 1.33 bits per heavy atom. The van der Waals surface area contributed by atoms with Crippen molar-refractivity contribution in [3.63, 3.8) is 0 Å².